The molecule has 0 radical (unpaired) electrons. The molecule has 0 aromatic heterocycles. The van der Waals surface area contributed by atoms with Crippen LogP contribution in [0.2, 0.25) is 0 Å². The SMILES string of the molecule is O=C1[C@@H]2[C@H]3CCCN3C3(C(=O)c4ccccc4C3=O)[C@H]2C(=O)N1c1ccc(Oc2ccccc2)cc1. The van der Waals surface area contributed by atoms with Gasteiger partial charge in [-0.25, -0.2) is 4.90 Å². The Balaban J connectivity index is 1.27. The van der Waals surface area contributed by atoms with Gasteiger partial charge in [0.1, 0.15) is 11.5 Å². The van der Waals surface area contributed by atoms with Crippen LogP contribution in [-0.2, 0) is 9.59 Å². The fourth-order valence-corrected chi connectivity index (χ4v) is 6.78. The Bertz CT molecular complexity index is 1410. The van der Waals surface area contributed by atoms with E-state index in [-0.39, 0.29) is 23.5 Å². The van der Waals surface area contributed by atoms with Gasteiger partial charge in [-0.3, -0.25) is 24.1 Å². The van der Waals surface area contributed by atoms with Gasteiger partial charge in [0.2, 0.25) is 11.8 Å². The van der Waals surface area contributed by atoms with Gasteiger partial charge in [0, 0.05) is 17.2 Å². The number of anilines is 1. The Morgan fingerprint density at radius 2 is 1.33 bits per heavy atom. The standard InChI is InChI=1S/C29H22N2O5/c32-25-20-9-4-5-10-21(20)26(33)29(25)24-23(22-11-6-16-30(22)29)27(34)31(28(24)35)17-12-14-19(15-13-17)36-18-7-2-1-3-8-18/h1-5,7-10,12-15,22-24H,6,11,16H2/t22-,23-,24-/m1/s1. The van der Waals surface area contributed by atoms with E-state index in [4.69, 9.17) is 4.74 Å². The third kappa shape index (κ3) is 2.55. The van der Waals surface area contributed by atoms with Crippen LogP contribution in [0.15, 0.2) is 78.9 Å². The summed E-state index contributed by atoms with van der Waals surface area (Å²) in [6, 6.07) is 22.5. The second-order valence-corrected chi connectivity index (χ2v) is 9.80. The van der Waals surface area contributed by atoms with E-state index in [0.717, 1.165) is 6.42 Å². The predicted molar refractivity (Wildman–Crippen MR) is 130 cm³/mol. The number of para-hydroxylation sites is 1. The number of ether oxygens (including phenoxy) is 1. The highest BCUT2D eigenvalue weighted by Crippen LogP contribution is 2.57. The number of ketones is 2. The Morgan fingerprint density at radius 1 is 0.722 bits per heavy atom. The summed E-state index contributed by atoms with van der Waals surface area (Å²) in [5, 5.41) is 0. The molecule has 3 aromatic rings. The molecular formula is C29H22N2O5. The molecule has 0 saturated carbocycles. The van der Waals surface area contributed by atoms with Gasteiger partial charge in [-0.2, -0.15) is 0 Å². The van der Waals surface area contributed by atoms with E-state index in [1.807, 2.05) is 35.2 Å². The lowest BCUT2D eigenvalue weighted by molar-refractivity contribution is -0.124. The molecule has 3 heterocycles. The first-order valence-electron chi connectivity index (χ1n) is 12.2. The molecular weight excluding hydrogens is 456 g/mol. The number of carbonyl (C=O) groups excluding carboxylic acids is 4. The molecule has 36 heavy (non-hydrogen) atoms. The number of nitrogens with zero attached hydrogens (tertiary/aromatic N) is 2. The second-order valence-electron chi connectivity index (χ2n) is 9.80. The van der Waals surface area contributed by atoms with Crippen LogP contribution in [0, 0.1) is 11.8 Å². The zero-order valence-electron chi connectivity index (χ0n) is 19.3. The van der Waals surface area contributed by atoms with Gasteiger partial charge in [0.05, 0.1) is 17.5 Å². The monoisotopic (exact) mass is 478 g/mol. The summed E-state index contributed by atoms with van der Waals surface area (Å²) in [6.45, 7) is 0.523. The minimum atomic E-state index is -1.63. The second kappa shape index (κ2) is 7.45. The highest BCUT2D eigenvalue weighted by atomic mass is 16.5. The maximum Gasteiger partial charge on any atom is 0.240 e. The van der Waals surface area contributed by atoms with Crippen molar-refractivity contribution >= 4 is 29.1 Å². The molecule has 0 N–H and O–H groups in total. The molecule has 3 saturated heterocycles. The average molecular weight is 479 g/mol. The number of fused-ring (bicyclic) bond motifs is 6. The Morgan fingerprint density at radius 3 is 2.00 bits per heavy atom. The number of imide groups is 1. The van der Waals surface area contributed by atoms with Crippen molar-refractivity contribution in [3.63, 3.8) is 0 Å². The molecule has 7 nitrogen and oxygen atoms in total. The number of hydrogen-bond donors (Lipinski definition) is 0. The van der Waals surface area contributed by atoms with Gasteiger partial charge in [-0.05, 0) is 55.8 Å². The number of rotatable bonds is 3. The Kier molecular flexibility index (Phi) is 4.39. The van der Waals surface area contributed by atoms with Gasteiger partial charge >= 0.3 is 0 Å². The first-order chi connectivity index (χ1) is 17.5. The van der Waals surface area contributed by atoms with E-state index in [2.05, 4.69) is 0 Å². The smallest absolute Gasteiger partial charge is 0.240 e. The van der Waals surface area contributed by atoms with E-state index in [1.165, 1.54) is 4.90 Å². The summed E-state index contributed by atoms with van der Waals surface area (Å²) in [4.78, 5) is 58.5. The Hall–Kier alpha value is -4.10. The molecule has 0 bridgehead atoms. The quantitative estimate of drug-likeness (QED) is 0.420. The van der Waals surface area contributed by atoms with Gasteiger partial charge in [-0.1, -0.05) is 42.5 Å². The number of carbonyl (C=O) groups is 4. The van der Waals surface area contributed by atoms with E-state index < -0.39 is 23.3 Å². The van der Waals surface area contributed by atoms with Crippen LogP contribution in [0.3, 0.4) is 0 Å². The molecule has 3 aliphatic heterocycles. The summed E-state index contributed by atoms with van der Waals surface area (Å²) in [7, 11) is 0. The molecule has 4 aliphatic rings. The predicted octanol–water partition coefficient (Wildman–Crippen LogP) is 3.88. The fourth-order valence-electron chi connectivity index (χ4n) is 6.78. The van der Waals surface area contributed by atoms with Crippen molar-refractivity contribution in [3.05, 3.63) is 90.0 Å². The van der Waals surface area contributed by atoms with E-state index >= 15 is 0 Å². The topological polar surface area (TPSA) is 84.0 Å². The third-order valence-corrected chi connectivity index (χ3v) is 8.15. The minimum absolute atomic E-state index is 0.306. The largest absolute Gasteiger partial charge is 0.457 e. The van der Waals surface area contributed by atoms with Gasteiger partial charge in [0.15, 0.2) is 17.1 Å². The number of benzene rings is 3. The third-order valence-electron chi connectivity index (χ3n) is 8.15. The molecule has 1 spiro atoms. The first-order valence-corrected chi connectivity index (χ1v) is 12.2. The van der Waals surface area contributed by atoms with Crippen LogP contribution in [0.4, 0.5) is 5.69 Å². The van der Waals surface area contributed by atoms with Crippen molar-refractivity contribution in [3.8, 4) is 11.5 Å². The molecule has 3 fully saturated rings. The lowest BCUT2D eigenvalue weighted by Crippen LogP contribution is -2.59. The van der Waals surface area contributed by atoms with Crippen LogP contribution >= 0.6 is 0 Å². The summed E-state index contributed by atoms with van der Waals surface area (Å²) < 4.78 is 5.84. The summed E-state index contributed by atoms with van der Waals surface area (Å²) in [5.41, 5.74) is -0.535. The molecule has 3 atom stereocenters. The lowest BCUT2D eigenvalue weighted by atomic mass is 9.76. The molecule has 7 heteroatoms. The minimum Gasteiger partial charge on any atom is -0.457 e. The molecule has 7 rings (SSSR count). The normalized spacial score (nSPS) is 26.0. The maximum absolute atomic E-state index is 14.0. The van der Waals surface area contributed by atoms with Crippen LogP contribution in [-0.4, -0.2) is 46.4 Å². The van der Waals surface area contributed by atoms with E-state index in [9.17, 15) is 19.2 Å². The molecule has 1 aliphatic carbocycles. The summed E-state index contributed by atoms with van der Waals surface area (Å²) in [5.74, 6) is -2.02. The summed E-state index contributed by atoms with van der Waals surface area (Å²) >= 11 is 0. The van der Waals surface area contributed by atoms with E-state index in [0.29, 0.717) is 41.3 Å². The lowest BCUT2D eigenvalue weighted by Gasteiger charge is -2.35. The van der Waals surface area contributed by atoms with Crippen molar-refractivity contribution in [1.29, 1.82) is 0 Å². The van der Waals surface area contributed by atoms with E-state index in [1.54, 1.807) is 48.5 Å². The molecule has 178 valence electrons. The van der Waals surface area contributed by atoms with Crippen molar-refractivity contribution in [2.24, 2.45) is 11.8 Å². The van der Waals surface area contributed by atoms with Gasteiger partial charge in [-0.15, -0.1) is 0 Å². The van der Waals surface area contributed by atoms with Crippen molar-refractivity contribution < 1.29 is 23.9 Å². The highest BCUT2D eigenvalue weighted by molar-refractivity contribution is 6.37. The number of amides is 2. The molecule has 0 unspecified atom stereocenters. The average Bonchev–Trinajstić information content (AvgIpc) is 3.60. The Labute approximate surface area is 207 Å². The maximum atomic E-state index is 14.0. The number of Topliss-reactive ketones (excluding diaryl/α,β-unsaturated/α-hetero) is 2. The zero-order valence-corrected chi connectivity index (χ0v) is 19.3. The van der Waals surface area contributed by atoms with Crippen molar-refractivity contribution in [2.75, 3.05) is 11.4 Å². The van der Waals surface area contributed by atoms with Crippen LogP contribution in [0.1, 0.15) is 33.6 Å². The molecule has 2 amide bonds. The number of hydrogen-bond acceptors (Lipinski definition) is 6. The van der Waals surface area contributed by atoms with Crippen LogP contribution < -0.4 is 9.64 Å². The zero-order chi connectivity index (χ0) is 24.6. The highest BCUT2D eigenvalue weighted by Gasteiger charge is 2.76. The fraction of sp³-hybridized carbons (Fsp3) is 0.241. The molecule has 3 aromatic carbocycles. The van der Waals surface area contributed by atoms with Crippen molar-refractivity contribution in [1.82, 2.24) is 4.90 Å². The van der Waals surface area contributed by atoms with Crippen LogP contribution in [0.5, 0.6) is 11.5 Å². The summed E-state index contributed by atoms with van der Waals surface area (Å²) in [6.07, 6.45) is 1.45. The van der Waals surface area contributed by atoms with Crippen LogP contribution in [0.25, 0.3) is 0 Å². The van der Waals surface area contributed by atoms with Gasteiger partial charge in [0.25, 0.3) is 0 Å². The van der Waals surface area contributed by atoms with Gasteiger partial charge < -0.3 is 4.74 Å². The van der Waals surface area contributed by atoms with Crippen molar-refractivity contribution in [2.45, 2.75) is 24.4 Å². The first kappa shape index (κ1) is 21.2.